The molecular weight excluding hydrogens is 298 g/mol. The number of rotatable bonds is 16. The molecule has 132 valence electrons. The molecule has 1 unspecified atom stereocenters. The van der Waals surface area contributed by atoms with Crippen molar-refractivity contribution in [3.63, 3.8) is 0 Å². The fraction of sp³-hybridized carbons (Fsp3) is 0.933. The first-order valence-corrected chi connectivity index (χ1v) is 9.61. The van der Waals surface area contributed by atoms with E-state index >= 15 is 0 Å². The van der Waals surface area contributed by atoms with Gasteiger partial charge in [0.1, 0.15) is 0 Å². The van der Waals surface area contributed by atoms with Crippen LogP contribution in [0.1, 0.15) is 32.6 Å². The number of hydrogen-bond acceptors (Lipinski definition) is 6. The summed E-state index contributed by atoms with van der Waals surface area (Å²) in [6.07, 6.45) is 3.70. The average molecular weight is 334 g/mol. The standard InChI is InChI=1S/C15H35N5OS/c1-2-22-13-12-20-15(21)14(19-11-5-8-17)6-3-9-18-10-4-7-16/h14,18-19H,2-13,16-17H2,1H3,(H,20,21). The van der Waals surface area contributed by atoms with Crippen LogP contribution in [-0.4, -0.2) is 62.7 Å². The summed E-state index contributed by atoms with van der Waals surface area (Å²) in [4.78, 5) is 12.2. The van der Waals surface area contributed by atoms with Crippen molar-refractivity contribution in [1.29, 1.82) is 0 Å². The molecule has 0 aromatic heterocycles. The largest absolute Gasteiger partial charge is 0.354 e. The Hall–Kier alpha value is -0.340. The molecule has 0 saturated heterocycles. The minimum Gasteiger partial charge on any atom is -0.354 e. The van der Waals surface area contributed by atoms with Crippen molar-refractivity contribution in [2.45, 2.75) is 38.6 Å². The van der Waals surface area contributed by atoms with Crippen LogP contribution >= 0.6 is 11.8 Å². The van der Waals surface area contributed by atoms with Gasteiger partial charge >= 0.3 is 0 Å². The Morgan fingerprint density at radius 3 is 2.41 bits per heavy atom. The number of nitrogens with two attached hydrogens (primary N) is 2. The van der Waals surface area contributed by atoms with Crippen LogP contribution in [0.5, 0.6) is 0 Å². The van der Waals surface area contributed by atoms with Crippen LogP contribution in [0.4, 0.5) is 0 Å². The highest BCUT2D eigenvalue weighted by Crippen LogP contribution is 1.99. The second-order valence-corrected chi connectivity index (χ2v) is 6.57. The van der Waals surface area contributed by atoms with Crippen molar-refractivity contribution in [3.8, 4) is 0 Å². The lowest BCUT2D eigenvalue weighted by Crippen LogP contribution is -2.45. The van der Waals surface area contributed by atoms with Crippen molar-refractivity contribution in [3.05, 3.63) is 0 Å². The molecule has 0 saturated carbocycles. The van der Waals surface area contributed by atoms with Gasteiger partial charge in [-0.3, -0.25) is 4.79 Å². The Bertz CT molecular complexity index is 256. The van der Waals surface area contributed by atoms with Crippen molar-refractivity contribution in [2.24, 2.45) is 11.5 Å². The van der Waals surface area contributed by atoms with Gasteiger partial charge in [-0.1, -0.05) is 6.92 Å². The molecule has 0 rings (SSSR count). The van der Waals surface area contributed by atoms with E-state index in [2.05, 4.69) is 22.9 Å². The van der Waals surface area contributed by atoms with E-state index in [1.807, 2.05) is 11.8 Å². The van der Waals surface area contributed by atoms with Gasteiger partial charge in [-0.15, -0.1) is 0 Å². The van der Waals surface area contributed by atoms with Crippen LogP contribution in [-0.2, 0) is 4.79 Å². The van der Waals surface area contributed by atoms with Crippen LogP contribution in [0.25, 0.3) is 0 Å². The molecule has 0 fully saturated rings. The summed E-state index contributed by atoms with van der Waals surface area (Å²) in [5.41, 5.74) is 11.0. The second-order valence-electron chi connectivity index (χ2n) is 5.17. The van der Waals surface area contributed by atoms with Gasteiger partial charge in [-0.2, -0.15) is 11.8 Å². The molecule has 7 N–H and O–H groups in total. The third-order valence-electron chi connectivity index (χ3n) is 3.24. The van der Waals surface area contributed by atoms with Crippen molar-refractivity contribution in [1.82, 2.24) is 16.0 Å². The molecule has 1 amide bonds. The number of carbonyl (C=O) groups is 1. The van der Waals surface area contributed by atoms with Crippen LogP contribution in [0, 0.1) is 0 Å². The van der Waals surface area contributed by atoms with Crippen LogP contribution in [0.2, 0.25) is 0 Å². The van der Waals surface area contributed by atoms with E-state index < -0.39 is 0 Å². The first-order chi connectivity index (χ1) is 10.8. The van der Waals surface area contributed by atoms with Crippen LogP contribution in [0.15, 0.2) is 0 Å². The van der Waals surface area contributed by atoms with E-state index in [1.54, 1.807) is 0 Å². The molecule has 0 heterocycles. The zero-order chi connectivity index (χ0) is 16.5. The van der Waals surface area contributed by atoms with Crippen molar-refractivity contribution >= 4 is 17.7 Å². The molecule has 6 nitrogen and oxygen atoms in total. The van der Waals surface area contributed by atoms with Gasteiger partial charge in [0.2, 0.25) is 5.91 Å². The fourth-order valence-corrected chi connectivity index (χ4v) is 2.54. The summed E-state index contributed by atoms with van der Waals surface area (Å²) < 4.78 is 0. The van der Waals surface area contributed by atoms with E-state index in [0.29, 0.717) is 13.1 Å². The van der Waals surface area contributed by atoms with Crippen molar-refractivity contribution < 1.29 is 4.79 Å². The lowest BCUT2D eigenvalue weighted by atomic mass is 10.1. The second kappa shape index (κ2) is 17.0. The van der Waals surface area contributed by atoms with Gasteiger partial charge in [0.05, 0.1) is 6.04 Å². The normalized spacial score (nSPS) is 12.3. The molecule has 0 radical (unpaired) electrons. The SMILES string of the molecule is CCSCCNC(=O)C(CCCNCCCN)NCCCN. The highest BCUT2D eigenvalue weighted by atomic mass is 32.2. The molecule has 0 aromatic rings. The van der Waals surface area contributed by atoms with E-state index in [9.17, 15) is 4.79 Å². The van der Waals surface area contributed by atoms with Crippen LogP contribution in [0.3, 0.4) is 0 Å². The quantitative estimate of drug-likeness (QED) is 0.252. The summed E-state index contributed by atoms with van der Waals surface area (Å²) in [5, 5.41) is 9.68. The van der Waals surface area contributed by atoms with Gasteiger partial charge in [0.25, 0.3) is 0 Å². The number of carbonyl (C=O) groups excluding carboxylic acids is 1. The molecule has 0 aliphatic heterocycles. The first-order valence-electron chi connectivity index (χ1n) is 8.45. The lowest BCUT2D eigenvalue weighted by Gasteiger charge is -2.18. The van der Waals surface area contributed by atoms with E-state index in [1.165, 1.54) is 0 Å². The highest BCUT2D eigenvalue weighted by molar-refractivity contribution is 7.99. The molecule has 0 bridgehead atoms. The Balaban J connectivity index is 3.93. The monoisotopic (exact) mass is 333 g/mol. The Morgan fingerprint density at radius 1 is 1.05 bits per heavy atom. The lowest BCUT2D eigenvalue weighted by molar-refractivity contribution is -0.123. The third-order valence-corrected chi connectivity index (χ3v) is 4.14. The van der Waals surface area contributed by atoms with Crippen LogP contribution < -0.4 is 27.4 Å². The zero-order valence-corrected chi connectivity index (χ0v) is 14.9. The van der Waals surface area contributed by atoms with E-state index in [-0.39, 0.29) is 11.9 Å². The van der Waals surface area contributed by atoms with Gasteiger partial charge in [-0.25, -0.2) is 0 Å². The van der Waals surface area contributed by atoms with Gasteiger partial charge in [-0.05, 0) is 64.2 Å². The number of hydrogen-bond donors (Lipinski definition) is 5. The van der Waals surface area contributed by atoms with Gasteiger partial charge < -0.3 is 27.4 Å². The predicted molar refractivity (Wildman–Crippen MR) is 97.2 cm³/mol. The molecular formula is C15H35N5OS. The summed E-state index contributed by atoms with van der Waals surface area (Å²) in [5.74, 6) is 2.16. The summed E-state index contributed by atoms with van der Waals surface area (Å²) >= 11 is 1.84. The number of amides is 1. The molecule has 0 aliphatic carbocycles. The Kier molecular flexibility index (Phi) is 16.8. The summed E-state index contributed by atoms with van der Waals surface area (Å²) in [6, 6.07) is -0.116. The Labute approximate surface area is 139 Å². The highest BCUT2D eigenvalue weighted by Gasteiger charge is 2.16. The predicted octanol–water partition coefficient (Wildman–Crippen LogP) is -0.119. The summed E-state index contributed by atoms with van der Waals surface area (Å²) in [7, 11) is 0. The molecule has 1 atom stereocenters. The molecule has 22 heavy (non-hydrogen) atoms. The molecule has 0 aromatic carbocycles. The maximum atomic E-state index is 12.2. The molecule has 0 aliphatic rings. The number of thioether (sulfide) groups is 1. The minimum absolute atomic E-state index is 0.107. The fourth-order valence-electron chi connectivity index (χ4n) is 2.00. The topological polar surface area (TPSA) is 105 Å². The Morgan fingerprint density at radius 2 is 1.73 bits per heavy atom. The van der Waals surface area contributed by atoms with E-state index in [4.69, 9.17) is 11.5 Å². The minimum atomic E-state index is -0.116. The van der Waals surface area contributed by atoms with Gasteiger partial charge in [0.15, 0.2) is 0 Å². The first kappa shape index (κ1) is 21.7. The smallest absolute Gasteiger partial charge is 0.237 e. The maximum absolute atomic E-state index is 12.2. The third kappa shape index (κ3) is 13.3. The average Bonchev–Trinajstić information content (AvgIpc) is 2.53. The maximum Gasteiger partial charge on any atom is 0.237 e. The summed E-state index contributed by atoms with van der Waals surface area (Å²) in [6.45, 7) is 6.89. The molecule has 7 heteroatoms. The number of nitrogens with one attached hydrogen (secondary N) is 3. The zero-order valence-electron chi connectivity index (χ0n) is 14.0. The molecule has 0 spiro atoms. The van der Waals surface area contributed by atoms with Gasteiger partial charge in [0, 0.05) is 12.3 Å². The van der Waals surface area contributed by atoms with E-state index in [0.717, 1.165) is 63.4 Å². The van der Waals surface area contributed by atoms with Crippen molar-refractivity contribution in [2.75, 3.05) is 50.8 Å².